The third-order valence-corrected chi connectivity index (χ3v) is 3.42. The summed E-state index contributed by atoms with van der Waals surface area (Å²) in [5.74, 6) is 0. The molecule has 19 heavy (non-hydrogen) atoms. The molecule has 0 amide bonds. The number of hydrogen-bond acceptors (Lipinski definition) is 2. The summed E-state index contributed by atoms with van der Waals surface area (Å²) < 4.78 is 0. The average molecular weight is 275 g/mol. The fourth-order valence-corrected chi connectivity index (χ4v) is 2.47. The van der Waals surface area contributed by atoms with Crippen molar-refractivity contribution in [2.24, 2.45) is 5.73 Å². The summed E-state index contributed by atoms with van der Waals surface area (Å²) >= 11 is 6.34. The predicted octanol–water partition coefficient (Wildman–Crippen LogP) is 3.48. The highest BCUT2D eigenvalue weighted by molar-refractivity contribution is 6.33. The Morgan fingerprint density at radius 2 is 1.79 bits per heavy atom. The number of nitrogens with zero attached hydrogens (tertiary/aromatic N) is 1. The summed E-state index contributed by atoms with van der Waals surface area (Å²) in [5, 5.41) is 0.782. The molecule has 100 valence electrons. The van der Waals surface area contributed by atoms with Crippen molar-refractivity contribution < 1.29 is 0 Å². The highest BCUT2D eigenvalue weighted by Gasteiger charge is 2.07. The second-order valence-electron chi connectivity index (χ2n) is 4.67. The lowest BCUT2D eigenvalue weighted by Crippen LogP contribution is -2.16. The first-order chi connectivity index (χ1) is 9.20. The Labute approximate surface area is 119 Å². The molecule has 0 aromatic heterocycles. The number of anilines is 1. The van der Waals surface area contributed by atoms with Crippen LogP contribution >= 0.6 is 11.6 Å². The first kappa shape index (κ1) is 13.9. The summed E-state index contributed by atoms with van der Waals surface area (Å²) in [6.45, 7) is 1.49. The molecule has 0 radical (unpaired) electrons. The van der Waals surface area contributed by atoms with Gasteiger partial charge in [-0.1, -0.05) is 48.0 Å². The molecule has 2 rings (SSSR count). The lowest BCUT2D eigenvalue weighted by Gasteiger charge is -2.21. The largest absolute Gasteiger partial charge is 0.369 e. The minimum absolute atomic E-state index is 0.648. The van der Waals surface area contributed by atoms with Crippen molar-refractivity contribution in [3.63, 3.8) is 0 Å². The van der Waals surface area contributed by atoms with Gasteiger partial charge < -0.3 is 10.6 Å². The molecule has 0 saturated carbocycles. The SMILES string of the molecule is CN(Cc1ccccc1)c1ccc(CCN)cc1Cl. The van der Waals surface area contributed by atoms with Crippen molar-refractivity contribution in [1.82, 2.24) is 0 Å². The molecule has 0 aliphatic rings. The maximum absolute atomic E-state index is 6.34. The van der Waals surface area contributed by atoms with Crippen LogP contribution in [0.3, 0.4) is 0 Å². The lowest BCUT2D eigenvalue weighted by atomic mass is 10.1. The Bertz CT molecular complexity index is 526. The number of benzene rings is 2. The molecular formula is C16H19ClN2. The highest BCUT2D eigenvalue weighted by Crippen LogP contribution is 2.27. The Morgan fingerprint density at radius 1 is 1.05 bits per heavy atom. The first-order valence-corrected chi connectivity index (χ1v) is 6.82. The Kier molecular flexibility index (Phi) is 4.83. The lowest BCUT2D eigenvalue weighted by molar-refractivity contribution is 0.919. The van der Waals surface area contributed by atoms with E-state index in [-0.39, 0.29) is 0 Å². The van der Waals surface area contributed by atoms with Crippen molar-refractivity contribution in [3.05, 3.63) is 64.7 Å². The van der Waals surface area contributed by atoms with E-state index in [0.717, 1.165) is 23.7 Å². The van der Waals surface area contributed by atoms with Gasteiger partial charge in [-0.3, -0.25) is 0 Å². The van der Waals surface area contributed by atoms with Crippen molar-refractivity contribution in [3.8, 4) is 0 Å². The summed E-state index contributed by atoms with van der Waals surface area (Å²) in [5.41, 5.74) is 9.06. The molecule has 0 saturated heterocycles. The summed E-state index contributed by atoms with van der Waals surface area (Å²) in [6, 6.07) is 16.5. The molecule has 2 N–H and O–H groups in total. The van der Waals surface area contributed by atoms with Crippen LogP contribution in [-0.4, -0.2) is 13.6 Å². The molecule has 0 bridgehead atoms. The van der Waals surface area contributed by atoms with E-state index in [1.807, 2.05) is 12.1 Å². The van der Waals surface area contributed by atoms with Crippen molar-refractivity contribution >= 4 is 17.3 Å². The monoisotopic (exact) mass is 274 g/mol. The van der Waals surface area contributed by atoms with E-state index in [2.05, 4.69) is 48.3 Å². The van der Waals surface area contributed by atoms with Gasteiger partial charge >= 0.3 is 0 Å². The number of nitrogens with two attached hydrogens (primary N) is 1. The molecule has 2 aromatic carbocycles. The Hall–Kier alpha value is -1.51. The molecule has 0 spiro atoms. The zero-order valence-corrected chi connectivity index (χ0v) is 11.9. The van der Waals surface area contributed by atoms with Crippen LogP contribution in [0.25, 0.3) is 0 Å². The van der Waals surface area contributed by atoms with Gasteiger partial charge in [0.25, 0.3) is 0 Å². The zero-order valence-electron chi connectivity index (χ0n) is 11.1. The maximum atomic E-state index is 6.34. The van der Waals surface area contributed by atoms with E-state index in [1.54, 1.807) is 0 Å². The van der Waals surface area contributed by atoms with E-state index in [1.165, 1.54) is 11.1 Å². The van der Waals surface area contributed by atoms with E-state index in [4.69, 9.17) is 17.3 Å². The van der Waals surface area contributed by atoms with E-state index >= 15 is 0 Å². The molecule has 0 aliphatic heterocycles. The van der Waals surface area contributed by atoms with Crippen LogP contribution in [-0.2, 0) is 13.0 Å². The van der Waals surface area contributed by atoms with Crippen LogP contribution < -0.4 is 10.6 Å². The molecule has 0 aliphatic carbocycles. The summed E-state index contributed by atoms with van der Waals surface area (Å²) in [6.07, 6.45) is 0.863. The molecule has 0 unspecified atom stereocenters. The van der Waals surface area contributed by atoms with Crippen LogP contribution in [0.5, 0.6) is 0 Å². The van der Waals surface area contributed by atoms with Gasteiger partial charge in [-0.05, 0) is 36.2 Å². The van der Waals surface area contributed by atoms with E-state index in [0.29, 0.717) is 6.54 Å². The van der Waals surface area contributed by atoms with Crippen molar-refractivity contribution in [1.29, 1.82) is 0 Å². The first-order valence-electron chi connectivity index (χ1n) is 6.44. The second kappa shape index (κ2) is 6.60. The van der Waals surface area contributed by atoms with Crippen LogP contribution in [0.4, 0.5) is 5.69 Å². The summed E-state index contributed by atoms with van der Waals surface area (Å²) in [4.78, 5) is 2.16. The molecule has 2 nitrogen and oxygen atoms in total. The standard InChI is InChI=1S/C16H19ClN2/c1-19(12-14-5-3-2-4-6-14)16-8-7-13(9-10-18)11-15(16)17/h2-8,11H,9-10,12,18H2,1H3. The Morgan fingerprint density at radius 3 is 2.42 bits per heavy atom. The quantitative estimate of drug-likeness (QED) is 0.904. The van der Waals surface area contributed by atoms with Gasteiger partial charge in [0.15, 0.2) is 0 Å². The van der Waals surface area contributed by atoms with Crippen LogP contribution in [0.15, 0.2) is 48.5 Å². The molecular weight excluding hydrogens is 256 g/mol. The van der Waals surface area contributed by atoms with Gasteiger partial charge in [-0.25, -0.2) is 0 Å². The molecule has 0 atom stereocenters. The van der Waals surface area contributed by atoms with E-state index < -0.39 is 0 Å². The number of hydrogen-bond donors (Lipinski definition) is 1. The van der Waals surface area contributed by atoms with Crippen molar-refractivity contribution in [2.45, 2.75) is 13.0 Å². The smallest absolute Gasteiger partial charge is 0.0642 e. The normalized spacial score (nSPS) is 10.5. The average Bonchev–Trinajstić information content (AvgIpc) is 2.40. The fourth-order valence-electron chi connectivity index (χ4n) is 2.12. The van der Waals surface area contributed by atoms with Gasteiger partial charge in [0.2, 0.25) is 0 Å². The summed E-state index contributed by atoms with van der Waals surface area (Å²) in [7, 11) is 2.05. The maximum Gasteiger partial charge on any atom is 0.0642 e. The molecule has 0 fully saturated rings. The van der Waals surface area contributed by atoms with Crippen LogP contribution in [0.1, 0.15) is 11.1 Å². The minimum atomic E-state index is 0.648. The zero-order chi connectivity index (χ0) is 13.7. The van der Waals surface area contributed by atoms with Crippen LogP contribution in [0.2, 0.25) is 5.02 Å². The topological polar surface area (TPSA) is 29.3 Å². The third-order valence-electron chi connectivity index (χ3n) is 3.12. The van der Waals surface area contributed by atoms with E-state index in [9.17, 15) is 0 Å². The minimum Gasteiger partial charge on any atom is -0.369 e. The van der Waals surface area contributed by atoms with Gasteiger partial charge in [0.1, 0.15) is 0 Å². The third kappa shape index (κ3) is 3.72. The molecule has 2 aromatic rings. The van der Waals surface area contributed by atoms with Gasteiger partial charge in [-0.15, -0.1) is 0 Å². The molecule has 0 heterocycles. The van der Waals surface area contributed by atoms with Crippen LogP contribution in [0, 0.1) is 0 Å². The fraction of sp³-hybridized carbons (Fsp3) is 0.250. The van der Waals surface area contributed by atoms with Gasteiger partial charge in [0, 0.05) is 13.6 Å². The van der Waals surface area contributed by atoms with Crippen molar-refractivity contribution in [2.75, 3.05) is 18.5 Å². The Balaban J connectivity index is 2.13. The second-order valence-corrected chi connectivity index (χ2v) is 5.07. The number of rotatable bonds is 5. The predicted molar refractivity (Wildman–Crippen MR) is 82.8 cm³/mol. The van der Waals surface area contributed by atoms with Gasteiger partial charge in [-0.2, -0.15) is 0 Å². The van der Waals surface area contributed by atoms with Gasteiger partial charge in [0.05, 0.1) is 10.7 Å². The number of halogens is 1. The molecule has 3 heteroatoms. The highest BCUT2D eigenvalue weighted by atomic mass is 35.5.